The minimum absolute atomic E-state index is 0.0215. The minimum Gasteiger partial charge on any atom is -0.371 e. The van der Waals surface area contributed by atoms with Crippen LogP contribution in [0, 0.1) is 5.41 Å². The average molecular weight is 365 g/mol. The van der Waals surface area contributed by atoms with Gasteiger partial charge in [0.2, 0.25) is 5.91 Å². The van der Waals surface area contributed by atoms with E-state index in [-0.39, 0.29) is 12.0 Å². The predicted octanol–water partition coefficient (Wildman–Crippen LogP) is 4.56. The van der Waals surface area contributed by atoms with E-state index >= 15 is 0 Å². The second kappa shape index (κ2) is 6.47. The number of fused-ring (bicyclic) bond motifs is 2. The van der Waals surface area contributed by atoms with Crippen molar-refractivity contribution in [2.75, 3.05) is 5.32 Å². The normalized spacial score (nSPS) is 31.0. The zero-order valence-electron chi connectivity index (χ0n) is 16.2. The molecule has 0 aromatic heterocycles. The van der Waals surface area contributed by atoms with Crippen LogP contribution in [0.3, 0.4) is 0 Å². The number of benzene rings is 2. The molecule has 0 spiro atoms. The van der Waals surface area contributed by atoms with Crippen molar-refractivity contribution in [1.29, 1.82) is 0 Å². The van der Waals surface area contributed by atoms with Crippen molar-refractivity contribution in [2.24, 2.45) is 5.41 Å². The van der Waals surface area contributed by atoms with Crippen LogP contribution < -0.4 is 5.32 Å². The van der Waals surface area contributed by atoms with Gasteiger partial charge in [-0.15, -0.1) is 0 Å². The number of amides is 1. The average Bonchev–Trinajstić information content (AvgIpc) is 3.06. The van der Waals surface area contributed by atoms with E-state index in [4.69, 9.17) is 9.47 Å². The molecule has 1 amide bonds. The van der Waals surface area contributed by atoms with E-state index < -0.39 is 16.6 Å². The van der Waals surface area contributed by atoms with Crippen LogP contribution in [0.2, 0.25) is 0 Å². The van der Waals surface area contributed by atoms with Crippen molar-refractivity contribution in [1.82, 2.24) is 0 Å². The van der Waals surface area contributed by atoms with Gasteiger partial charge in [-0.3, -0.25) is 4.79 Å². The SMILES string of the molecule is CC12CC(C(=O)Nc3ccccc3)(CC1OCc1ccccc1)C(C)(C)O2. The summed E-state index contributed by atoms with van der Waals surface area (Å²) in [5.74, 6) is 0.0215. The third-order valence-electron chi connectivity index (χ3n) is 6.27. The third kappa shape index (κ3) is 3.07. The van der Waals surface area contributed by atoms with E-state index in [2.05, 4.69) is 24.4 Å². The summed E-state index contributed by atoms with van der Waals surface area (Å²) in [5, 5.41) is 3.09. The molecule has 2 aromatic rings. The number of carbonyl (C=O) groups excluding carboxylic acids is 1. The van der Waals surface area contributed by atoms with Crippen molar-refractivity contribution < 1.29 is 14.3 Å². The number of rotatable bonds is 5. The lowest BCUT2D eigenvalue weighted by Gasteiger charge is -2.44. The van der Waals surface area contributed by atoms with Crippen LogP contribution in [-0.4, -0.2) is 23.2 Å². The maximum atomic E-state index is 13.3. The number of para-hydroxylation sites is 1. The fourth-order valence-electron chi connectivity index (χ4n) is 4.78. The van der Waals surface area contributed by atoms with Gasteiger partial charge in [0.15, 0.2) is 0 Å². The molecule has 1 aliphatic heterocycles. The Morgan fingerprint density at radius 2 is 1.70 bits per heavy atom. The molecule has 1 N–H and O–H groups in total. The van der Waals surface area contributed by atoms with Gasteiger partial charge >= 0.3 is 0 Å². The number of carbonyl (C=O) groups is 1. The summed E-state index contributed by atoms with van der Waals surface area (Å²) in [4.78, 5) is 13.3. The Bertz CT molecular complexity index is 820. The molecule has 142 valence electrons. The summed E-state index contributed by atoms with van der Waals surface area (Å²) in [6, 6.07) is 19.7. The Morgan fingerprint density at radius 3 is 2.37 bits per heavy atom. The Kier molecular flexibility index (Phi) is 4.36. The molecule has 1 saturated heterocycles. The molecule has 2 aliphatic rings. The van der Waals surface area contributed by atoms with Crippen molar-refractivity contribution in [3.05, 3.63) is 66.2 Å². The van der Waals surface area contributed by atoms with E-state index in [1.807, 2.05) is 62.4 Å². The fraction of sp³-hybridized carbons (Fsp3) is 0.435. The molecule has 2 aromatic carbocycles. The minimum atomic E-state index is -0.598. The smallest absolute Gasteiger partial charge is 0.233 e. The van der Waals surface area contributed by atoms with Crippen LogP contribution in [-0.2, 0) is 20.9 Å². The highest BCUT2D eigenvalue weighted by Gasteiger charge is 2.71. The maximum absolute atomic E-state index is 13.3. The van der Waals surface area contributed by atoms with E-state index in [9.17, 15) is 4.79 Å². The number of ether oxygens (including phenoxy) is 2. The lowest BCUT2D eigenvalue weighted by atomic mass is 9.72. The Morgan fingerprint density at radius 1 is 1.07 bits per heavy atom. The van der Waals surface area contributed by atoms with Crippen LogP contribution in [0.25, 0.3) is 0 Å². The molecular weight excluding hydrogens is 338 g/mol. The van der Waals surface area contributed by atoms with Crippen molar-refractivity contribution in [2.45, 2.75) is 57.5 Å². The van der Waals surface area contributed by atoms with Gasteiger partial charge in [0.1, 0.15) is 0 Å². The van der Waals surface area contributed by atoms with Crippen LogP contribution in [0.4, 0.5) is 5.69 Å². The lowest BCUT2D eigenvalue weighted by molar-refractivity contribution is -0.201. The Hall–Kier alpha value is -2.17. The van der Waals surface area contributed by atoms with Gasteiger partial charge in [-0.05, 0) is 51.3 Å². The molecule has 4 heteroatoms. The van der Waals surface area contributed by atoms with Crippen LogP contribution in [0.1, 0.15) is 39.2 Å². The zero-order valence-corrected chi connectivity index (χ0v) is 16.2. The van der Waals surface area contributed by atoms with Gasteiger partial charge < -0.3 is 14.8 Å². The summed E-state index contributed by atoms with van der Waals surface area (Å²) in [6.45, 7) is 6.66. The molecular formula is C23H27NO3. The summed E-state index contributed by atoms with van der Waals surface area (Å²) < 4.78 is 12.7. The van der Waals surface area contributed by atoms with Crippen LogP contribution in [0.5, 0.6) is 0 Å². The molecule has 0 radical (unpaired) electrons. The second-order valence-electron chi connectivity index (χ2n) is 8.49. The van der Waals surface area contributed by atoms with E-state index in [1.165, 1.54) is 0 Å². The zero-order chi connectivity index (χ0) is 19.1. The van der Waals surface area contributed by atoms with Crippen LogP contribution in [0.15, 0.2) is 60.7 Å². The summed E-state index contributed by atoms with van der Waals surface area (Å²) in [5.41, 5.74) is 0.360. The molecule has 1 aliphatic carbocycles. The molecule has 3 atom stereocenters. The highest BCUT2D eigenvalue weighted by atomic mass is 16.6. The largest absolute Gasteiger partial charge is 0.371 e. The second-order valence-corrected chi connectivity index (χ2v) is 8.49. The molecule has 3 unspecified atom stereocenters. The highest BCUT2D eigenvalue weighted by Crippen LogP contribution is 2.62. The van der Waals surface area contributed by atoms with E-state index in [0.29, 0.717) is 19.4 Å². The first-order valence-electron chi connectivity index (χ1n) is 9.57. The molecule has 2 bridgehead atoms. The molecule has 1 saturated carbocycles. The van der Waals surface area contributed by atoms with Gasteiger partial charge in [0.25, 0.3) is 0 Å². The summed E-state index contributed by atoms with van der Waals surface area (Å²) in [7, 11) is 0. The Balaban J connectivity index is 1.53. The van der Waals surface area contributed by atoms with Gasteiger partial charge in [-0.25, -0.2) is 0 Å². The van der Waals surface area contributed by atoms with Crippen LogP contribution >= 0.6 is 0 Å². The quantitative estimate of drug-likeness (QED) is 0.845. The van der Waals surface area contributed by atoms with E-state index in [1.54, 1.807) is 0 Å². The predicted molar refractivity (Wildman–Crippen MR) is 105 cm³/mol. The topological polar surface area (TPSA) is 47.6 Å². The first-order valence-corrected chi connectivity index (χ1v) is 9.57. The first-order chi connectivity index (χ1) is 12.8. The van der Waals surface area contributed by atoms with Crippen molar-refractivity contribution in [3.63, 3.8) is 0 Å². The molecule has 27 heavy (non-hydrogen) atoms. The fourth-order valence-corrected chi connectivity index (χ4v) is 4.78. The van der Waals surface area contributed by atoms with Gasteiger partial charge in [0, 0.05) is 5.69 Å². The molecule has 1 heterocycles. The number of hydrogen-bond acceptors (Lipinski definition) is 3. The Labute approximate surface area is 160 Å². The number of anilines is 1. The van der Waals surface area contributed by atoms with Crippen molar-refractivity contribution >= 4 is 11.6 Å². The summed E-state index contributed by atoms with van der Waals surface area (Å²) >= 11 is 0. The molecule has 2 fully saturated rings. The molecule has 4 nitrogen and oxygen atoms in total. The van der Waals surface area contributed by atoms with E-state index in [0.717, 1.165) is 11.3 Å². The standard InChI is InChI=1S/C23H27NO3/c1-21(2)23(20(25)24-18-12-8-5-9-13-18)14-19(22(3,16-23)27-21)26-15-17-10-6-4-7-11-17/h4-13,19H,14-16H2,1-3H3,(H,24,25). The van der Waals surface area contributed by atoms with Gasteiger partial charge in [0.05, 0.1) is 29.3 Å². The maximum Gasteiger partial charge on any atom is 0.233 e. The first kappa shape index (κ1) is 18.2. The third-order valence-corrected chi connectivity index (χ3v) is 6.27. The van der Waals surface area contributed by atoms with Crippen molar-refractivity contribution in [3.8, 4) is 0 Å². The number of nitrogens with one attached hydrogen (secondary N) is 1. The van der Waals surface area contributed by atoms with Gasteiger partial charge in [-0.2, -0.15) is 0 Å². The lowest BCUT2D eigenvalue weighted by Crippen LogP contribution is -2.54. The highest BCUT2D eigenvalue weighted by molar-refractivity contribution is 5.97. The monoisotopic (exact) mass is 365 g/mol. The summed E-state index contributed by atoms with van der Waals surface area (Å²) in [6.07, 6.45) is 1.24. The molecule has 4 rings (SSSR count). The van der Waals surface area contributed by atoms with Gasteiger partial charge in [-0.1, -0.05) is 48.5 Å². The number of hydrogen-bond donors (Lipinski definition) is 1.